The Labute approximate surface area is 145 Å². The van der Waals surface area contributed by atoms with Crippen molar-refractivity contribution in [3.63, 3.8) is 0 Å². The predicted molar refractivity (Wildman–Crippen MR) is 91.5 cm³/mol. The quantitative estimate of drug-likeness (QED) is 0.844. The molecule has 0 radical (unpaired) electrons. The van der Waals surface area contributed by atoms with Gasteiger partial charge in [-0.15, -0.1) is 0 Å². The summed E-state index contributed by atoms with van der Waals surface area (Å²) in [5.41, 5.74) is 1.65. The Morgan fingerprint density at radius 2 is 2.12 bits per heavy atom. The van der Waals surface area contributed by atoms with E-state index in [1.165, 1.54) is 12.1 Å². The van der Waals surface area contributed by atoms with Crippen LogP contribution in [0.25, 0.3) is 10.9 Å². The molecule has 1 amide bonds. The summed E-state index contributed by atoms with van der Waals surface area (Å²) >= 11 is 0. The maximum Gasteiger partial charge on any atom is 0.255 e. The van der Waals surface area contributed by atoms with Gasteiger partial charge in [-0.2, -0.15) is 5.26 Å². The van der Waals surface area contributed by atoms with E-state index in [1.807, 2.05) is 0 Å². The molecule has 1 saturated carbocycles. The van der Waals surface area contributed by atoms with Crippen LogP contribution in [0.5, 0.6) is 0 Å². The Balaban J connectivity index is 1.60. The monoisotopic (exact) mass is 338 g/mol. The van der Waals surface area contributed by atoms with Crippen LogP contribution in [0.3, 0.4) is 0 Å². The molecule has 1 aromatic heterocycles. The molecule has 25 heavy (non-hydrogen) atoms. The number of pyridine rings is 1. The number of nitrogens with zero attached hydrogens (tertiary/aromatic N) is 4. The third-order valence-corrected chi connectivity index (χ3v) is 5.07. The third-order valence-electron chi connectivity index (χ3n) is 5.07. The highest BCUT2D eigenvalue weighted by atomic mass is 19.1. The topological polar surface area (TPSA) is 60.2 Å². The second kappa shape index (κ2) is 6.08. The highest BCUT2D eigenvalue weighted by molar-refractivity contribution is 5.98. The molecule has 1 aliphatic carbocycles. The van der Waals surface area contributed by atoms with E-state index in [0.717, 1.165) is 24.8 Å². The fourth-order valence-corrected chi connectivity index (χ4v) is 3.56. The average Bonchev–Trinajstić information content (AvgIpc) is 3.45. The molecule has 2 aliphatic rings. The van der Waals surface area contributed by atoms with Gasteiger partial charge in [-0.1, -0.05) is 0 Å². The first-order valence-corrected chi connectivity index (χ1v) is 8.58. The summed E-state index contributed by atoms with van der Waals surface area (Å²) in [7, 11) is 0. The molecule has 6 heteroatoms. The smallest absolute Gasteiger partial charge is 0.255 e. The number of aromatic nitrogens is 1. The van der Waals surface area contributed by atoms with Gasteiger partial charge < -0.3 is 4.90 Å². The number of hydrogen-bond acceptors (Lipinski definition) is 4. The Hall–Kier alpha value is -2.52. The zero-order valence-corrected chi connectivity index (χ0v) is 14.1. The Bertz CT molecular complexity index is 887. The Morgan fingerprint density at radius 1 is 1.32 bits per heavy atom. The first kappa shape index (κ1) is 16.0. The van der Waals surface area contributed by atoms with Crippen LogP contribution in [0.15, 0.2) is 24.3 Å². The number of benzene rings is 1. The van der Waals surface area contributed by atoms with E-state index in [9.17, 15) is 14.4 Å². The largest absolute Gasteiger partial charge is 0.335 e. The van der Waals surface area contributed by atoms with Crippen molar-refractivity contribution in [1.82, 2.24) is 14.8 Å². The number of piperazine rings is 1. The molecule has 1 aliphatic heterocycles. The molecule has 0 spiro atoms. The van der Waals surface area contributed by atoms with Gasteiger partial charge in [0.15, 0.2) is 0 Å². The number of rotatable bonds is 2. The summed E-state index contributed by atoms with van der Waals surface area (Å²) in [6.45, 7) is 3.54. The van der Waals surface area contributed by atoms with Gasteiger partial charge in [0.05, 0.1) is 22.8 Å². The van der Waals surface area contributed by atoms with Crippen molar-refractivity contribution in [2.24, 2.45) is 0 Å². The van der Waals surface area contributed by atoms with E-state index in [-0.39, 0.29) is 17.8 Å². The van der Waals surface area contributed by atoms with E-state index in [4.69, 9.17) is 0 Å². The van der Waals surface area contributed by atoms with Gasteiger partial charge >= 0.3 is 0 Å². The summed E-state index contributed by atoms with van der Waals surface area (Å²) in [6.07, 6.45) is 2.30. The number of hydrogen-bond donors (Lipinski definition) is 0. The minimum absolute atomic E-state index is 0.105. The zero-order chi connectivity index (χ0) is 17.6. The molecule has 1 saturated heterocycles. The molecule has 0 bridgehead atoms. The van der Waals surface area contributed by atoms with Gasteiger partial charge in [0, 0.05) is 37.1 Å². The molecule has 2 aromatic rings. The fraction of sp³-hybridized carbons (Fsp3) is 0.421. The lowest BCUT2D eigenvalue weighted by Gasteiger charge is -2.38. The molecule has 2 heterocycles. The van der Waals surface area contributed by atoms with Crippen LogP contribution < -0.4 is 0 Å². The summed E-state index contributed by atoms with van der Waals surface area (Å²) < 4.78 is 13.4. The highest BCUT2D eigenvalue weighted by Crippen LogP contribution is 2.30. The number of halogens is 1. The first-order chi connectivity index (χ1) is 12.1. The second-order valence-corrected chi connectivity index (χ2v) is 6.82. The van der Waals surface area contributed by atoms with Crippen molar-refractivity contribution >= 4 is 16.8 Å². The van der Waals surface area contributed by atoms with Crippen LogP contribution in [-0.4, -0.2) is 52.4 Å². The average molecular weight is 338 g/mol. The van der Waals surface area contributed by atoms with Crippen LogP contribution in [0.4, 0.5) is 4.39 Å². The number of amides is 1. The van der Waals surface area contributed by atoms with Gasteiger partial charge in [0.25, 0.3) is 5.91 Å². The lowest BCUT2D eigenvalue weighted by Crippen LogP contribution is -2.55. The van der Waals surface area contributed by atoms with Crippen molar-refractivity contribution in [3.05, 3.63) is 41.3 Å². The molecule has 1 aromatic carbocycles. The van der Waals surface area contributed by atoms with Crippen molar-refractivity contribution in [2.75, 3.05) is 19.6 Å². The van der Waals surface area contributed by atoms with Crippen LogP contribution in [-0.2, 0) is 0 Å². The highest BCUT2D eigenvalue weighted by Gasteiger charge is 2.38. The third kappa shape index (κ3) is 2.96. The Morgan fingerprint density at radius 3 is 2.84 bits per heavy atom. The number of carbonyl (C=O) groups excluding carboxylic acids is 1. The summed E-state index contributed by atoms with van der Waals surface area (Å²) in [5, 5.41) is 10.2. The minimum atomic E-state index is -0.341. The second-order valence-electron chi connectivity index (χ2n) is 6.82. The first-order valence-electron chi connectivity index (χ1n) is 8.58. The molecule has 1 unspecified atom stereocenters. The molecule has 1 atom stereocenters. The Kier molecular flexibility index (Phi) is 3.89. The molecule has 0 N–H and O–H groups in total. The van der Waals surface area contributed by atoms with E-state index in [0.29, 0.717) is 35.9 Å². The van der Waals surface area contributed by atoms with Crippen molar-refractivity contribution in [1.29, 1.82) is 5.26 Å². The lowest BCUT2D eigenvalue weighted by molar-refractivity contribution is 0.0549. The maximum atomic E-state index is 13.4. The molecule has 5 nitrogen and oxygen atoms in total. The predicted octanol–water partition coefficient (Wildman–Crippen LogP) is 2.49. The minimum Gasteiger partial charge on any atom is -0.335 e. The summed E-state index contributed by atoms with van der Waals surface area (Å²) in [4.78, 5) is 21.3. The van der Waals surface area contributed by atoms with Crippen molar-refractivity contribution < 1.29 is 9.18 Å². The molecule has 2 fully saturated rings. The molecular weight excluding hydrogens is 319 g/mol. The van der Waals surface area contributed by atoms with E-state index in [2.05, 4.69) is 16.0 Å². The van der Waals surface area contributed by atoms with Crippen LogP contribution in [0.1, 0.15) is 28.9 Å². The van der Waals surface area contributed by atoms with Gasteiger partial charge in [-0.25, -0.2) is 4.39 Å². The molecule has 4 rings (SSSR count). The van der Waals surface area contributed by atoms with Crippen LogP contribution in [0.2, 0.25) is 0 Å². The fourth-order valence-electron chi connectivity index (χ4n) is 3.56. The zero-order valence-electron chi connectivity index (χ0n) is 14.1. The SMILES string of the molecule is Cc1nc2cc(F)ccc2cc1C(=O)N1CCN(C2CC2)C(C#N)C1. The number of nitriles is 1. The van der Waals surface area contributed by atoms with Gasteiger partial charge in [0.1, 0.15) is 11.9 Å². The van der Waals surface area contributed by atoms with Crippen LogP contribution in [0, 0.1) is 24.1 Å². The van der Waals surface area contributed by atoms with E-state index >= 15 is 0 Å². The van der Waals surface area contributed by atoms with E-state index in [1.54, 1.807) is 24.0 Å². The number of fused-ring (bicyclic) bond motifs is 1. The van der Waals surface area contributed by atoms with Crippen molar-refractivity contribution in [2.45, 2.75) is 31.8 Å². The summed E-state index contributed by atoms with van der Waals surface area (Å²) in [5.74, 6) is -0.446. The van der Waals surface area contributed by atoms with Crippen LogP contribution >= 0.6 is 0 Å². The van der Waals surface area contributed by atoms with E-state index < -0.39 is 0 Å². The van der Waals surface area contributed by atoms with Crippen molar-refractivity contribution in [3.8, 4) is 6.07 Å². The molecule has 128 valence electrons. The van der Waals surface area contributed by atoms with Gasteiger partial charge in [0.2, 0.25) is 0 Å². The standard InChI is InChI=1S/C19H19FN4O/c1-12-17(8-13-2-3-14(20)9-18(13)22-12)19(25)23-6-7-24(15-4-5-15)16(10-21)11-23/h2-3,8-9,15-16H,4-7,11H2,1H3. The summed E-state index contributed by atoms with van der Waals surface area (Å²) in [6, 6.07) is 8.76. The van der Waals surface area contributed by atoms with Gasteiger partial charge in [-0.3, -0.25) is 14.7 Å². The maximum absolute atomic E-state index is 13.4. The normalized spacial score (nSPS) is 21.3. The lowest BCUT2D eigenvalue weighted by atomic mass is 10.1. The number of aryl methyl sites for hydroxylation is 1. The molecular formula is C19H19FN4O. The number of carbonyl (C=O) groups is 1. The van der Waals surface area contributed by atoms with Gasteiger partial charge in [-0.05, 0) is 38.0 Å².